The molecule has 0 spiro atoms. The number of carboxylic acids is 1. The number of hydrogen-bond donors (Lipinski definition) is 2. The van der Waals surface area contributed by atoms with Gasteiger partial charge in [-0.3, -0.25) is 4.79 Å². The molecule has 1 aromatic carbocycles. The first kappa shape index (κ1) is 28.5. The van der Waals surface area contributed by atoms with E-state index in [1.54, 1.807) is 0 Å². The second-order valence-electron chi connectivity index (χ2n) is 10.8. The normalized spacial score (nSPS) is 12.8. The van der Waals surface area contributed by atoms with E-state index in [9.17, 15) is 15.0 Å². The smallest absolute Gasteiger partial charge is 0.303 e. The van der Waals surface area contributed by atoms with Crippen LogP contribution in [0, 0.1) is 6.92 Å². The minimum Gasteiger partial charge on any atom is -0.507 e. The molecule has 1 atom stereocenters. The molecule has 0 aliphatic rings. The highest BCUT2D eigenvalue weighted by molar-refractivity contribution is 5.68. The van der Waals surface area contributed by atoms with Crippen LogP contribution < -0.4 is 0 Å². The highest BCUT2D eigenvalue weighted by Gasteiger charge is 2.23. The molecule has 3 nitrogen and oxygen atoms in total. The Balaban J connectivity index is 2.40. The van der Waals surface area contributed by atoms with Gasteiger partial charge in [0.1, 0.15) is 5.75 Å². The lowest BCUT2D eigenvalue weighted by Crippen LogP contribution is -2.14. The van der Waals surface area contributed by atoms with Crippen LogP contribution in [0.1, 0.15) is 147 Å². The zero-order valence-electron chi connectivity index (χ0n) is 21.6. The molecule has 1 unspecified atom stereocenters. The zero-order valence-corrected chi connectivity index (χ0v) is 21.6. The summed E-state index contributed by atoms with van der Waals surface area (Å²) in [6.07, 6.45) is 18.2. The number of benzene rings is 1. The number of aryl methyl sites for hydroxylation is 1. The fourth-order valence-corrected chi connectivity index (χ4v) is 4.62. The Labute approximate surface area is 198 Å². The van der Waals surface area contributed by atoms with Gasteiger partial charge in [0.2, 0.25) is 0 Å². The quantitative estimate of drug-likeness (QED) is 0.235. The molecule has 0 heterocycles. The molecule has 1 rings (SSSR count). The molecule has 0 bridgehead atoms. The van der Waals surface area contributed by atoms with E-state index in [4.69, 9.17) is 0 Å². The maximum atomic E-state index is 11.5. The maximum Gasteiger partial charge on any atom is 0.303 e. The number of aliphatic carboxylic acids is 1. The predicted molar refractivity (Wildman–Crippen MR) is 137 cm³/mol. The lowest BCUT2D eigenvalue weighted by Gasteiger charge is -2.25. The summed E-state index contributed by atoms with van der Waals surface area (Å²) < 4.78 is 0. The van der Waals surface area contributed by atoms with Crippen LogP contribution in [-0.4, -0.2) is 16.2 Å². The van der Waals surface area contributed by atoms with Crippen LogP contribution in [-0.2, 0) is 10.2 Å². The van der Waals surface area contributed by atoms with Gasteiger partial charge in [-0.25, -0.2) is 0 Å². The fraction of sp³-hybridized carbons (Fsp3) is 0.759. The van der Waals surface area contributed by atoms with E-state index >= 15 is 0 Å². The summed E-state index contributed by atoms with van der Waals surface area (Å²) in [7, 11) is 0. The van der Waals surface area contributed by atoms with Crippen molar-refractivity contribution in [3.63, 3.8) is 0 Å². The molecule has 0 aliphatic heterocycles. The number of phenols is 1. The second-order valence-corrected chi connectivity index (χ2v) is 10.8. The van der Waals surface area contributed by atoms with Gasteiger partial charge in [0.15, 0.2) is 0 Å². The van der Waals surface area contributed by atoms with Crippen LogP contribution in [0.15, 0.2) is 12.1 Å². The van der Waals surface area contributed by atoms with E-state index in [-0.39, 0.29) is 17.8 Å². The van der Waals surface area contributed by atoms with Crippen LogP contribution in [0.4, 0.5) is 0 Å². The number of rotatable bonds is 17. The average Bonchev–Trinajstić information content (AvgIpc) is 2.71. The molecule has 0 aliphatic carbocycles. The van der Waals surface area contributed by atoms with Gasteiger partial charge in [0, 0.05) is 0 Å². The molecular formula is C29H50O3. The van der Waals surface area contributed by atoms with Crippen LogP contribution in [0.5, 0.6) is 5.75 Å². The minimum absolute atomic E-state index is 0.0145. The number of unbranched alkanes of at least 4 members (excludes halogenated alkanes) is 12. The molecule has 0 amide bonds. The molecule has 0 aromatic heterocycles. The van der Waals surface area contributed by atoms with Crippen molar-refractivity contribution in [2.45, 2.75) is 142 Å². The Hall–Kier alpha value is -1.51. The van der Waals surface area contributed by atoms with E-state index in [0.717, 1.165) is 29.5 Å². The third-order valence-corrected chi connectivity index (χ3v) is 6.68. The van der Waals surface area contributed by atoms with Crippen molar-refractivity contribution < 1.29 is 15.0 Å². The Bertz CT molecular complexity index is 657. The number of carbonyl (C=O) groups is 1. The predicted octanol–water partition coefficient (Wildman–Crippen LogP) is 9.04. The fourth-order valence-electron chi connectivity index (χ4n) is 4.62. The van der Waals surface area contributed by atoms with Crippen LogP contribution in [0.2, 0.25) is 0 Å². The molecule has 0 fully saturated rings. The number of aromatic hydroxyl groups is 1. The molecule has 0 saturated carbocycles. The monoisotopic (exact) mass is 446 g/mol. The van der Waals surface area contributed by atoms with E-state index in [1.807, 2.05) is 19.1 Å². The van der Waals surface area contributed by atoms with Crippen molar-refractivity contribution in [2.24, 2.45) is 0 Å². The van der Waals surface area contributed by atoms with Gasteiger partial charge < -0.3 is 10.2 Å². The summed E-state index contributed by atoms with van der Waals surface area (Å²) in [5.74, 6) is -0.385. The molecular weight excluding hydrogens is 396 g/mol. The Morgan fingerprint density at radius 2 is 1.31 bits per heavy atom. The summed E-state index contributed by atoms with van der Waals surface area (Å²) in [4.78, 5) is 11.5. The van der Waals surface area contributed by atoms with E-state index in [1.165, 1.54) is 77.0 Å². The van der Waals surface area contributed by atoms with Crippen LogP contribution in [0.3, 0.4) is 0 Å². The van der Waals surface area contributed by atoms with Crippen molar-refractivity contribution in [3.8, 4) is 5.75 Å². The molecule has 3 heteroatoms. The van der Waals surface area contributed by atoms with Gasteiger partial charge in [-0.15, -0.1) is 0 Å². The first-order valence-electron chi connectivity index (χ1n) is 13.2. The third kappa shape index (κ3) is 11.4. The molecule has 32 heavy (non-hydrogen) atoms. The van der Waals surface area contributed by atoms with Gasteiger partial charge in [-0.05, 0) is 41.4 Å². The first-order chi connectivity index (χ1) is 15.2. The van der Waals surface area contributed by atoms with Crippen molar-refractivity contribution in [2.75, 3.05) is 0 Å². The first-order valence-corrected chi connectivity index (χ1v) is 13.2. The summed E-state index contributed by atoms with van der Waals surface area (Å²) >= 11 is 0. The van der Waals surface area contributed by atoms with Crippen LogP contribution in [0.25, 0.3) is 0 Å². The number of hydrogen-bond acceptors (Lipinski definition) is 2. The third-order valence-electron chi connectivity index (χ3n) is 6.68. The maximum absolute atomic E-state index is 11.5. The lowest BCUT2D eigenvalue weighted by atomic mass is 9.81. The topological polar surface area (TPSA) is 57.5 Å². The molecule has 184 valence electrons. The second kappa shape index (κ2) is 15.3. The summed E-state index contributed by atoms with van der Waals surface area (Å²) in [6, 6.07) is 4.03. The summed E-state index contributed by atoms with van der Waals surface area (Å²) in [5.41, 5.74) is 2.64. The summed E-state index contributed by atoms with van der Waals surface area (Å²) in [5, 5.41) is 20.0. The lowest BCUT2D eigenvalue weighted by molar-refractivity contribution is -0.137. The van der Waals surface area contributed by atoms with Gasteiger partial charge in [0.05, 0.1) is 6.42 Å². The van der Waals surface area contributed by atoms with Gasteiger partial charge in [-0.2, -0.15) is 0 Å². The van der Waals surface area contributed by atoms with Crippen LogP contribution >= 0.6 is 0 Å². The Morgan fingerprint density at radius 1 is 0.844 bits per heavy atom. The Kier molecular flexibility index (Phi) is 13.7. The van der Waals surface area contributed by atoms with Gasteiger partial charge in [-0.1, -0.05) is 123 Å². The Morgan fingerprint density at radius 3 is 1.75 bits per heavy atom. The standard InChI is InChI=1S/C29H50O3/c1-6-7-8-9-10-11-12-13-14-15-16-17-18-19-24(22-27(30)31)25-20-23(2)28(32)26(21-25)29(3,4)5/h20-21,24,32H,6-19,22H2,1-5H3,(H,30,31). The zero-order chi connectivity index (χ0) is 24.0. The van der Waals surface area contributed by atoms with Crippen molar-refractivity contribution in [1.29, 1.82) is 0 Å². The minimum atomic E-state index is -0.743. The number of carboxylic acid groups (broad SMARTS) is 1. The highest BCUT2D eigenvalue weighted by atomic mass is 16.4. The molecule has 2 N–H and O–H groups in total. The number of phenolic OH excluding ortho intramolecular Hbond substituents is 1. The summed E-state index contributed by atoms with van der Waals surface area (Å²) in [6.45, 7) is 10.4. The van der Waals surface area contributed by atoms with E-state index in [0.29, 0.717) is 5.75 Å². The molecule has 1 aromatic rings. The van der Waals surface area contributed by atoms with E-state index in [2.05, 4.69) is 27.7 Å². The van der Waals surface area contributed by atoms with E-state index < -0.39 is 5.97 Å². The largest absolute Gasteiger partial charge is 0.507 e. The van der Waals surface area contributed by atoms with Crippen molar-refractivity contribution in [3.05, 3.63) is 28.8 Å². The van der Waals surface area contributed by atoms with Gasteiger partial charge >= 0.3 is 5.97 Å². The molecule has 0 radical (unpaired) electrons. The van der Waals surface area contributed by atoms with Crippen molar-refractivity contribution in [1.82, 2.24) is 0 Å². The van der Waals surface area contributed by atoms with Gasteiger partial charge in [0.25, 0.3) is 0 Å². The molecule has 0 saturated heterocycles. The average molecular weight is 447 g/mol. The highest BCUT2D eigenvalue weighted by Crippen LogP contribution is 2.37. The SMILES string of the molecule is CCCCCCCCCCCCCCCC(CC(=O)O)c1cc(C)c(O)c(C(C)(C)C)c1. The van der Waals surface area contributed by atoms with Crippen molar-refractivity contribution >= 4 is 5.97 Å².